The second-order valence-electron chi connectivity index (χ2n) is 2.87. The predicted octanol–water partition coefficient (Wildman–Crippen LogP) is 1.99. The van der Waals surface area contributed by atoms with Gasteiger partial charge in [0, 0.05) is 5.39 Å². The topological polar surface area (TPSA) is 56.0 Å². The van der Waals surface area contributed by atoms with Gasteiger partial charge in [0.2, 0.25) is 0 Å². The molecule has 1 aromatic carbocycles. The van der Waals surface area contributed by atoms with Gasteiger partial charge in [-0.05, 0) is 12.1 Å². The maximum atomic E-state index is 10.9. The average molecular weight is 207 g/mol. The zero-order valence-electron chi connectivity index (χ0n) is 7.20. The lowest BCUT2D eigenvalue weighted by Gasteiger charge is -2.01. The van der Waals surface area contributed by atoms with Crippen LogP contribution in [0.4, 0.5) is 0 Å². The highest BCUT2D eigenvalue weighted by Gasteiger charge is 2.06. The first-order valence-electron chi connectivity index (χ1n) is 4.03. The molecule has 0 fully saturated rings. The molecule has 0 unspecified atom stereocenters. The minimum Gasteiger partial charge on any atom is -0.364 e. The number of nitrogens with zero attached hydrogens (tertiary/aromatic N) is 1. The summed E-state index contributed by atoms with van der Waals surface area (Å²) >= 11 is 5.96. The van der Waals surface area contributed by atoms with Gasteiger partial charge >= 0.3 is 0 Å². The summed E-state index contributed by atoms with van der Waals surface area (Å²) in [5.41, 5.74) is 5.98. The van der Waals surface area contributed by atoms with E-state index in [4.69, 9.17) is 17.3 Å². The number of para-hydroxylation sites is 1. The molecule has 0 radical (unpaired) electrons. The number of rotatable bonds is 1. The second kappa shape index (κ2) is 3.27. The fourth-order valence-electron chi connectivity index (χ4n) is 1.26. The smallest absolute Gasteiger partial charge is 0.267 e. The summed E-state index contributed by atoms with van der Waals surface area (Å²) in [6.07, 6.45) is 0. The highest BCUT2D eigenvalue weighted by Crippen LogP contribution is 2.22. The molecule has 1 heterocycles. The molecule has 0 bridgehead atoms. The van der Waals surface area contributed by atoms with Crippen molar-refractivity contribution in [1.82, 2.24) is 4.98 Å². The first-order chi connectivity index (χ1) is 6.68. The molecule has 4 heteroatoms. The van der Waals surface area contributed by atoms with Crippen molar-refractivity contribution in [2.24, 2.45) is 5.73 Å². The van der Waals surface area contributed by atoms with Crippen LogP contribution in [0.25, 0.3) is 10.9 Å². The number of pyridine rings is 1. The van der Waals surface area contributed by atoms with Gasteiger partial charge in [-0.3, -0.25) is 4.79 Å². The van der Waals surface area contributed by atoms with Gasteiger partial charge in [0.1, 0.15) is 5.69 Å². The van der Waals surface area contributed by atoms with Crippen molar-refractivity contribution in [3.8, 4) is 0 Å². The third-order valence-corrected chi connectivity index (χ3v) is 2.23. The van der Waals surface area contributed by atoms with Gasteiger partial charge < -0.3 is 5.73 Å². The molecule has 1 amide bonds. The van der Waals surface area contributed by atoms with E-state index in [0.717, 1.165) is 5.39 Å². The fraction of sp³-hybridized carbons (Fsp3) is 0. The maximum Gasteiger partial charge on any atom is 0.267 e. The normalized spacial score (nSPS) is 10.4. The van der Waals surface area contributed by atoms with E-state index in [1.165, 1.54) is 6.07 Å². The van der Waals surface area contributed by atoms with E-state index < -0.39 is 5.91 Å². The Morgan fingerprint density at radius 1 is 1.36 bits per heavy atom. The van der Waals surface area contributed by atoms with Crippen molar-refractivity contribution in [2.45, 2.75) is 0 Å². The molecule has 14 heavy (non-hydrogen) atoms. The van der Waals surface area contributed by atoms with Crippen LogP contribution in [0.15, 0.2) is 30.3 Å². The lowest BCUT2D eigenvalue weighted by Crippen LogP contribution is -2.12. The van der Waals surface area contributed by atoms with Crippen LogP contribution in [-0.2, 0) is 0 Å². The minimum atomic E-state index is -0.572. The van der Waals surface area contributed by atoms with Crippen molar-refractivity contribution in [2.75, 3.05) is 0 Å². The molecule has 0 saturated carbocycles. The van der Waals surface area contributed by atoms with Gasteiger partial charge in [-0.1, -0.05) is 29.8 Å². The van der Waals surface area contributed by atoms with Crippen molar-refractivity contribution < 1.29 is 4.79 Å². The molecule has 70 valence electrons. The molecule has 3 nitrogen and oxygen atoms in total. The van der Waals surface area contributed by atoms with Crippen molar-refractivity contribution >= 4 is 28.4 Å². The monoisotopic (exact) mass is 206 g/mol. The molecule has 2 aromatic rings. The number of hydrogen-bond acceptors (Lipinski definition) is 2. The predicted molar refractivity (Wildman–Crippen MR) is 55.3 cm³/mol. The number of aromatic nitrogens is 1. The average Bonchev–Trinajstić information content (AvgIpc) is 2.17. The number of amides is 1. The molecule has 0 aliphatic heterocycles. The number of carbonyl (C=O) groups excluding carboxylic acids is 1. The Labute approximate surface area is 85.5 Å². The molecule has 1 aromatic heterocycles. The Bertz CT molecular complexity index is 510. The highest BCUT2D eigenvalue weighted by atomic mass is 35.5. The van der Waals surface area contributed by atoms with Gasteiger partial charge in [-0.2, -0.15) is 0 Å². The number of halogens is 1. The molecule has 0 spiro atoms. The Morgan fingerprint density at radius 3 is 2.79 bits per heavy atom. The third-order valence-electron chi connectivity index (χ3n) is 1.92. The molecular formula is C10H7ClN2O. The number of benzene rings is 1. The first-order valence-corrected chi connectivity index (χ1v) is 4.41. The van der Waals surface area contributed by atoms with Crippen LogP contribution in [-0.4, -0.2) is 10.9 Å². The number of carbonyl (C=O) groups is 1. The Balaban J connectivity index is 2.78. The third kappa shape index (κ3) is 1.42. The summed E-state index contributed by atoms with van der Waals surface area (Å²) in [6.45, 7) is 0. The summed E-state index contributed by atoms with van der Waals surface area (Å²) in [5, 5.41) is 1.31. The van der Waals surface area contributed by atoms with E-state index in [1.807, 2.05) is 18.2 Å². The first kappa shape index (κ1) is 8.97. The zero-order chi connectivity index (χ0) is 10.1. The minimum absolute atomic E-state index is 0.189. The van der Waals surface area contributed by atoms with Crippen LogP contribution in [0.2, 0.25) is 5.02 Å². The van der Waals surface area contributed by atoms with Gasteiger partial charge in [-0.25, -0.2) is 4.98 Å². The van der Waals surface area contributed by atoms with Crippen molar-refractivity contribution in [3.63, 3.8) is 0 Å². The lowest BCUT2D eigenvalue weighted by molar-refractivity contribution is 0.0996. The van der Waals surface area contributed by atoms with Crippen LogP contribution in [0.5, 0.6) is 0 Å². The molecule has 0 aliphatic rings. The number of hydrogen-bond donors (Lipinski definition) is 1. The van der Waals surface area contributed by atoms with Gasteiger partial charge in [-0.15, -0.1) is 0 Å². The summed E-state index contributed by atoms with van der Waals surface area (Å²) in [7, 11) is 0. The van der Waals surface area contributed by atoms with E-state index >= 15 is 0 Å². The quantitative estimate of drug-likeness (QED) is 0.776. The fourth-order valence-corrected chi connectivity index (χ4v) is 1.52. The molecule has 0 atom stereocenters. The van der Waals surface area contributed by atoms with Crippen LogP contribution < -0.4 is 5.73 Å². The second-order valence-corrected chi connectivity index (χ2v) is 3.28. The zero-order valence-corrected chi connectivity index (χ0v) is 7.95. The van der Waals surface area contributed by atoms with Crippen LogP contribution >= 0.6 is 11.6 Å². The molecular weight excluding hydrogens is 200 g/mol. The molecule has 0 saturated heterocycles. The number of nitrogens with two attached hydrogens (primary N) is 1. The lowest BCUT2D eigenvalue weighted by atomic mass is 10.2. The van der Waals surface area contributed by atoms with Crippen molar-refractivity contribution in [1.29, 1.82) is 0 Å². The van der Waals surface area contributed by atoms with E-state index in [9.17, 15) is 4.79 Å². The summed E-state index contributed by atoms with van der Waals surface area (Å²) in [6, 6.07) is 8.80. The van der Waals surface area contributed by atoms with Gasteiger partial charge in [0.05, 0.1) is 10.5 Å². The number of primary amides is 1. The van der Waals surface area contributed by atoms with Crippen LogP contribution in [0.1, 0.15) is 10.5 Å². The Morgan fingerprint density at radius 2 is 2.07 bits per heavy atom. The molecule has 2 rings (SSSR count). The van der Waals surface area contributed by atoms with Gasteiger partial charge in [0.15, 0.2) is 0 Å². The Hall–Kier alpha value is -1.61. The van der Waals surface area contributed by atoms with Crippen LogP contribution in [0, 0.1) is 0 Å². The van der Waals surface area contributed by atoms with E-state index in [2.05, 4.69) is 4.98 Å². The van der Waals surface area contributed by atoms with Crippen molar-refractivity contribution in [3.05, 3.63) is 41.0 Å². The Kier molecular flexibility index (Phi) is 2.09. The van der Waals surface area contributed by atoms with E-state index in [0.29, 0.717) is 10.5 Å². The standard InChI is InChI=1S/C10H7ClN2O/c11-7-5-9(10(12)14)13-8-4-2-1-3-6(7)8/h1-5H,(H2,12,14). The van der Waals surface area contributed by atoms with Gasteiger partial charge in [0.25, 0.3) is 5.91 Å². The summed E-state index contributed by atoms with van der Waals surface area (Å²) < 4.78 is 0. The van der Waals surface area contributed by atoms with E-state index in [-0.39, 0.29) is 5.69 Å². The molecule has 0 aliphatic carbocycles. The van der Waals surface area contributed by atoms with Crippen LogP contribution in [0.3, 0.4) is 0 Å². The summed E-state index contributed by atoms with van der Waals surface area (Å²) in [5.74, 6) is -0.572. The largest absolute Gasteiger partial charge is 0.364 e. The SMILES string of the molecule is NC(=O)c1cc(Cl)c2ccccc2n1. The molecule has 2 N–H and O–H groups in total. The maximum absolute atomic E-state index is 10.9. The summed E-state index contributed by atoms with van der Waals surface area (Å²) in [4.78, 5) is 15.0. The number of fused-ring (bicyclic) bond motifs is 1. The highest BCUT2D eigenvalue weighted by molar-refractivity contribution is 6.35. The van der Waals surface area contributed by atoms with E-state index in [1.54, 1.807) is 6.07 Å².